The third kappa shape index (κ3) is 6.69. The van der Waals surface area contributed by atoms with Crippen LogP contribution in [0.4, 0.5) is 0 Å². The second kappa shape index (κ2) is 10.1. The average Bonchev–Trinajstić information content (AvgIpc) is 2.54. The zero-order valence-corrected chi connectivity index (χ0v) is 14.4. The lowest BCUT2D eigenvalue weighted by Crippen LogP contribution is -2.36. The Labute approximate surface area is 144 Å². The molecule has 0 amide bonds. The van der Waals surface area contributed by atoms with Gasteiger partial charge in [0.1, 0.15) is 0 Å². The zero-order valence-electron chi connectivity index (χ0n) is 14.4. The molecule has 0 aliphatic carbocycles. The minimum Gasteiger partial charge on any atom is -0.463 e. The number of hydrogen-bond donors (Lipinski definition) is 0. The number of esters is 1. The van der Waals surface area contributed by atoms with E-state index in [0.29, 0.717) is 12.5 Å². The van der Waals surface area contributed by atoms with E-state index in [-0.39, 0.29) is 18.5 Å². The first-order valence-corrected chi connectivity index (χ1v) is 8.52. The first-order valence-electron chi connectivity index (χ1n) is 8.52. The van der Waals surface area contributed by atoms with Crippen LogP contribution in [0.5, 0.6) is 0 Å². The Bertz CT molecular complexity index is 544. The van der Waals surface area contributed by atoms with Gasteiger partial charge in [0.2, 0.25) is 0 Å². The molecular weight excluding hydrogens is 304 g/mol. The van der Waals surface area contributed by atoms with E-state index in [4.69, 9.17) is 14.2 Å². The van der Waals surface area contributed by atoms with E-state index in [1.165, 1.54) is 11.6 Å². The summed E-state index contributed by atoms with van der Waals surface area (Å²) in [6.45, 7) is 4.09. The quantitative estimate of drug-likeness (QED) is 0.390. The summed E-state index contributed by atoms with van der Waals surface area (Å²) in [5.74, 6) is 0.128. The Morgan fingerprint density at radius 2 is 1.92 bits per heavy atom. The van der Waals surface area contributed by atoms with Crippen LogP contribution in [0.25, 0.3) is 0 Å². The number of allylic oxidation sites excluding steroid dienone is 2. The number of carbonyl (C=O) groups is 1. The molecular formula is C20H26O4. The Balaban J connectivity index is 1.86. The molecule has 2 rings (SSSR count). The van der Waals surface area contributed by atoms with E-state index in [0.717, 1.165) is 19.3 Å². The Kier molecular flexibility index (Phi) is 7.72. The van der Waals surface area contributed by atoms with Gasteiger partial charge in [-0.15, -0.1) is 0 Å². The molecule has 0 radical (unpaired) electrons. The molecule has 0 spiro atoms. The summed E-state index contributed by atoms with van der Waals surface area (Å²) in [5, 5.41) is 0. The van der Waals surface area contributed by atoms with Gasteiger partial charge in [-0.1, -0.05) is 42.5 Å². The molecule has 130 valence electrons. The predicted molar refractivity (Wildman–Crippen MR) is 93.2 cm³/mol. The van der Waals surface area contributed by atoms with Crippen molar-refractivity contribution in [3.8, 4) is 0 Å². The van der Waals surface area contributed by atoms with Gasteiger partial charge in [-0.25, -0.2) is 4.79 Å². The van der Waals surface area contributed by atoms with Crippen molar-refractivity contribution < 1.29 is 19.0 Å². The van der Waals surface area contributed by atoms with E-state index < -0.39 is 0 Å². The van der Waals surface area contributed by atoms with Crippen LogP contribution in [-0.2, 0) is 25.4 Å². The van der Waals surface area contributed by atoms with Crippen molar-refractivity contribution in [2.45, 2.75) is 45.7 Å². The van der Waals surface area contributed by atoms with Crippen molar-refractivity contribution >= 4 is 5.97 Å². The third-order valence-corrected chi connectivity index (χ3v) is 3.79. The summed E-state index contributed by atoms with van der Waals surface area (Å²) in [7, 11) is 0. The fourth-order valence-corrected chi connectivity index (χ4v) is 2.62. The minimum atomic E-state index is -0.281. The predicted octanol–water partition coefficient (Wildman–Crippen LogP) is 4.02. The van der Waals surface area contributed by atoms with Gasteiger partial charge >= 0.3 is 5.97 Å². The summed E-state index contributed by atoms with van der Waals surface area (Å²) in [5.41, 5.74) is 1.30. The molecule has 0 aromatic heterocycles. The maximum atomic E-state index is 11.4. The van der Waals surface area contributed by atoms with Crippen LogP contribution < -0.4 is 0 Å². The van der Waals surface area contributed by atoms with Gasteiger partial charge < -0.3 is 14.2 Å². The second-order valence-electron chi connectivity index (χ2n) is 5.82. The average molecular weight is 330 g/mol. The zero-order chi connectivity index (χ0) is 17.2. The standard InChI is InChI=1S/C20H26O4/c1-3-22-19(21)13-7-11-18(15-17-9-5-4-6-10-17)12-8-14-20-23-16(2)24-20/h4-10,13-14,16,18,20H,3,11-12,15H2,1-2H3/b13-7+,14-8+. The summed E-state index contributed by atoms with van der Waals surface area (Å²) in [4.78, 5) is 11.4. The number of hydrogen-bond acceptors (Lipinski definition) is 4. The van der Waals surface area contributed by atoms with Crippen LogP contribution in [0, 0.1) is 5.92 Å². The molecule has 1 atom stereocenters. The lowest BCUT2D eigenvalue weighted by molar-refractivity contribution is -0.354. The normalized spacial score (nSPS) is 21.8. The van der Waals surface area contributed by atoms with Crippen molar-refractivity contribution in [2.24, 2.45) is 5.92 Å². The molecule has 1 aromatic rings. The number of carbonyl (C=O) groups excluding carboxylic acids is 1. The second-order valence-corrected chi connectivity index (χ2v) is 5.82. The fraction of sp³-hybridized carbons (Fsp3) is 0.450. The molecule has 0 saturated carbocycles. The molecule has 0 N–H and O–H groups in total. The van der Waals surface area contributed by atoms with Crippen molar-refractivity contribution in [1.29, 1.82) is 0 Å². The smallest absolute Gasteiger partial charge is 0.330 e. The number of benzene rings is 1. The SMILES string of the molecule is CCOC(=O)/C=C/CC(C/C=C/C1OC(C)O1)Cc1ccccc1. The fourth-order valence-electron chi connectivity index (χ4n) is 2.62. The molecule has 4 nitrogen and oxygen atoms in total. The Morgan fingerprint density at radius 1 is 1.21 bits per heavy atom. The van der Waals surface area contributed by atoms with Gasteiger partial charge in [-0.3, -0.25) is 0 Å². The summed E-state index contributed by atoms with van der Waals surface area (Å²) in [6.07, 6.45) is 9.83. The van der Waals surface area contributed by atoms with Crippen LogP contribution in [0.1, 0.15) is 32.3 Å². The lowest BCUT2D eigenvalue weighted by Gasteiger charge is -2.31. The van der Waals surface area contributed by atoms with Gasteiger partial charge in [0.15, 0.2) is 12.6 Å². The molecule has 1 aliphatic rings. The van der Waals surface area contributed by atoms with Crippen molar-refractivity contribution in [3.05, 3.63) is 60.2 Å². The van der Waals surface area contributed by atoms with Crippen molar-refractivity contribution in [3.63, 3.8) is 0 Å². The number of rotatable bonds is 9. The van der Waals surface area contributed by atoms with Crippen LogP contribution in [0.2, 0.25) is 0 Å². The molecule has 1 unspecified atom stereocenters. The van der Waals surface area contributed by atoms with Crippen molar-refractivity contribution in [1.82, 2.24) is 0 Å². The van der Waals surface area contributed by atoms with E-state index in [1.807, 2.05) is 37.3 Å². The molecule has 1 saturated heterocycles. The van der Waals surface area contributed by atoms with Crippen LogP contribution in [0.15, 0.2) is 54.6 Å². The van der Waals surface area contributed by atoms with Crippen LogP contribution >= 0.6 is 0 Å². The number of ether oxygens (including phenoxy) is 3. The van der Waals surface area contributed by atoms with Gasteiger partial charge in [0.05, 0.1) is 6.61 Å². The Hall–Kier alpha value is -1.91. The van der Waals surface area contributed by atoms with Gasteiger partial charge in [-0.2, -0.15) is 0 Å². The summed E-state index contributed by atoms with van der Waals surface area (Å²) < 4.78 is 15.7. The highest BCUT2D eigenvalue weighted by Gasteiger charge is 2.23. The van der Waals surface area contributed by atoms with Crippen LogP contribution in [0.3, 0.4) is 0 Å². The molecule has 1 fully saturated rings. The first kappa shape index (κ1) is 18.4. The van der Waals surface area contributed by atoms with Gasteiger partial charge in [-0.05, 0) is 50.7 Å². The largest absolute Gasteiger partial charge is 0.463 e. The van der Waals surface area contributed by atoms with Crippen molar-refractivity contribution in [2.75, 3.05) is 6.61 Å². The topological polar surface area (TPSA) is 44.8 Å². The molecule has 0 bridgehead atoms. The molecule has 24 heavy (non-hydrogen) atoms. The van der Waals surface area contributed by atoms with E-state index >= 15 is 0 Å². The molecule has 4 heteroatoms. The first-order chi connectivity index (χ1) is 11.7. The highest BCUT2D eigenvalue weighted by molar-refractivity contribution is 5.81. The highest BCUT2D eigenvalue weighted by atomic mass is 16.9. The minimum absolute atomic E-state index is 0.104. The highest BCUT2D eigenvalue weighted by Crippen LogP contribution is 2.20. The van der Waals surface area contributed by atoms with Crippen LogP contribution in [-0.4, -0.2) is 25.2 Å². The Morgan fingerprint density at radius 3 is 2.58 bits per heavy atom. The van der Waals surface area contributed by atoms with E-state index in [2.05, 4.69) is 18.2 Å². The van der Waals surface area contributed by atoms with E-state index in [1.54, 1.807) is 6.92 Å². The molecule has 1 heterocycles. The summed E-state index contributed by atoms with van der Waals surface area (Å²) in [6, 6.07) is 10.4. The van der Waals surface area contributed by atoms with Gasteiger partial charge in [0.25, 0.3) is 0 Å². The van der Waals surface area contributed by atoms with E-state index in [9.17, 15) is 4.79 Å². The molecule has 1 aromatic carbocycles. The maximum Gasteiger partial charge on any atom is 0.330 e. The maximum absolute atomic E-state index is 11.4. The lowest BCUT2D eigenvalue weighted by atomic mass is 9.92. The monoisotopic (exact) mass is 330 g/mol. The van der Waals surface area contributed by atoms with Gasteiger partial charge in [0, 0.05) is 6.08 Å². The summed E-state index contributed by atoms with van der Waals surface area (Å²) >= 11 is 0. The molecule has 1 aliphatic heterocycles. The third-order valence-electron chi connectivity index (χ3n) is 3.79.